The Morgan fingerprint density at radius 2 is 2.14 bits per heavy atom. The van der Waals surface area contributed by atoms with Gasteiger partial charge < -0.3 is 4.74 Å². The molecular weight excluding hydrogens is 431 g/mol. The summed E-state index contributed by atoms with van der Waals surface area (Å²) >= 11 is 13.7. The van der Waals surface area contributed by atoms with E-state index in [9.17, 15) is 9.59 Å². The quantitative estimate of drug-likeness (QED) is 0.518. The van der Waals surface area contributed by atoms with Gasteiger partial charge in [-0.15, -0.1) is 11.3 Å². The van der Waals surface area contributed by atoms with Gasteiger partial charge in [0.1, 0.15) is 10.7 Å². The molecule has 1 atom stereocenters. The Balaban J connectivity index is 1.85. The van der Waals surface area contributed by atoms with E-state index in [1.165, 1.54) is 11.3 Å². The number of thiophene rings is 1. The molecule has 0 saturated carbocycles. The number of aromatic nitrogens is 2. The molecule has 8 heteroatoms. The molecule has 5 nitrogen and oxygen atoms in total. The highest BCUT2D eigenvalue weighted by Gasteiger charge is 2.33. The van der Waals surface area contributed by atoms with Crippen molar-refractivity contribution in [2.24, 2.45) is 0 Å². The lowest BCUT2D eigenvalue weighted by Crippen LogP contribution is -2.27. The number of ether oxygens (including phenoxy) is 1. The summed E-state index contributed by atoms with van der Waals surface area (Å²) in [4.78, 5) is 32.5. The first-order chi connectivity index (χ1) is 13.9. The van der Waals surface area contributed by atoms with Crippen LogP contribution in [-0.4, -0.2) is 22.1 Å². The lowest BCUT2D eigenvalue weighted by molar-refractivity contribution is -0.145. The third-order valence-electron chi connectivity index (χ3n) is 5.26. The van der Waals surface area contributed by atoms with Crippen LogP contribution in [0, 0.1) is 6.92 Å². The van der Waals surface area contributed by atoms with Gasteiger partial charge in [-0.2, -0.15) is 0 Å². The van der Waals surface area contributed by atoms with Crippen LogP contribution in [0.5, 0.6) is 0 Å². The van der Waals surface area contributed by atoms with Crippen LogP contribution >= 0.6 is 34.5 Å². The van der Waals surface area contributed by atoms with Crippen LogP contribution < -0.4 is 5.56 Å². The minimum absolute atomic E-state index is 0.132. The fourth-order valence-corrected chi connectivity index (χ4v) is 5.53. The van der Waals surface area contributed by atoms with E-state index in [4.69, 9.17) is 27.9 Å². The second-order valence-electron chi connectivity index (χ2n) is 7.11. The van der Waals surface area contributed by atoms with Gasteiger partial charge >= 0.3 is 5.97 Å². The second kappa shape index (κ2) is 8.09. The number of rotatable bonds is 4. The molecule has 1 unspecified atom stereocenters. The molecule has 0 fully saturated rings. The summed E-state index contributed by atoms with van der Waals surface area (Å²) in [6.07, 6.45) is 2.45. The van der Waals surface area contributed by atoms with Crippen molar-refractivity contribution in [1.29, 1.82) is 0 Å². The van der Waals surface area contributed by atoms with Gasteiger partial charge in [0.15, 0.2) is 0 Å². The van der Waals surface area contributed by atoms with Crippen molar-refractivity contribution in [2.75, 3.05) is 6.61 Å². The average molecular weight is 451 g/mol. The molecule has 0 spiro atoms. The van der Waals surface area contributed by atoms with Gasteiger partial charge in [0.2, 0.25) is 0 Å². The monoisotopic (exact) mass is 450 g/mol. The number of nitrogens with zero attached hydrogens (tertiary/aromatic N) is 2. The Hall–Kier alpha value is -1.89. The first kappa shape index (κ1) is 20.4. The standard InChI is InChI=1S/C21H20Cl2N2O3S/c1-3-28-21(27)13-5-4-6-16-17(13)18-19(29-16)24-11(2)25(20(18)26)10-12-7-8-14(22)15(23)9-12/h7-9,13H,3-6,10H2,1-2H3. The summed E-state index contributed by atoms with van der Waals surface area (Å²) < 4.78 is 6.91. The summed E-state index contributed by atoms with van der Waals surface area (Å²) in [6.45, 7) is 4.27. The van der Waals surface area contributed by atoms with Crippen LogP contribution in [0.15, 0.2) is 23.0 Å². The number of carbonyl (C=O) groups is 1. The maximum Gasteiger partial charge on any atom is 0.313 e. The highest BCUT2D eigenvalue weighted by atomic mass is 35.5. The lowest BCUT2D eigenvalue weighted by Gasteiger charge is -2.21. The Morgan fingerprint density at radius 3 is 2.86 bits per heavy atom. The van der Waals surface area contributed by atoms with Crippen LogP contribution in [0.1, 0.15) is 47.5 Å². The number of hydrogen-bond donors (Lipinski definition) is 0. The second-order valence-corrected chi connectivity index (χ2v) is 9.01. The molecule has 0 amide bonds. The number of fused-ring (bicyclic) bond motifs is 3. The zero-order chi connectivity index (χ0) is 20.7. The van der Waals surface area contributed by atoms with E-state index >= 15 is 0 Å². The van der Waals surface area contributed by atoms with E-state index < -0.39 is 5.92 Å². The molecule has 0 bridgehead atoms. The van der Waals surface area contributed by atoms with E-state index in [1.54, 1.807) is 23.6 Å². The maximum atomic E-state index is 13.5. The molecule has 0 saturated heterocycles. The third-order valence-corrected chi connectivity index (χ3v) is 7.16. The van der Waals surface area contributed by atoms with Gasteiger partial charge in [0.25, 0.3) is 5.56 Å². The van der Waals surface area contributed by atoms with Gasteiger partial charge in [-0.05, 0) is 56.4 Å². The van der Waals surface area contributed by atoms with Crippen molar-refractivity contribution in [2.45, 2.75) is 45.6 Å². The SMILES string of the molecule is CCOC(=O)C1CCCc2sc3nc(C)n(Cc4ccc(Cl)c(Cl)c4)c(=O)c3c21. The van der Waals surface area contributed by atoms with E-state index in [2.05, 4.69) is 4.98 Å². The largest absolute Gasteiger partial charge is 0.466 e. The fraction of sp³-hybridized carbons (Fsp3) is 0.381. The number of hydrogen-bond acceptors (Lipinski definition) is 5. The molecule has 0 aliphatic heterocycles. The molecule has 152 valence electrons. The summed E-state index contributed by atoms with van der Waals surface area (Å²) in [6, 6.07) is 5.31. The zero-order valence-corrected chi connectivity index (χ0v) is 18.5. The van der Waals surface area contributed by atoms with Crippen molar-refractivity contribution < 1.29 is 9.53 Å². The average Bonchev–Trinajstić information content (AvgIpc) is 3.06. The Morgan fingerprint density at radius 1 is 1.34 bits per heavy atom. The highest BCUT2D eigenvalue weighted by Crippen LogP contribution is 2.41. The van der Waals surface area contributed by atoms with Crippen molar-refractivity contribution in [1.82, 2.24) is 9.55 Å². The van der Waals surface area contributed by atoms with E-state index in [0.717, 1.165) is 28.8 Å². The third kappa shape index (κ3) is 3.69. The first-order valence-corrected chi connectivity index (χ1v) is 11.1. The maximum absolute atomic E-state index is 13.5. The van der Waals surface area contributed by atoms with Gasteiger partial charge in [0, 0.05) is 4.88 Å². The Kier molecular flexibility index (Phi) is 5.69. The van der Waals surface area contributed by atoms with Crippen LogP contribution in [0.25, 0.3) is 10.2 Å². The molecule has 1 aliphatic rings. The topological polar surface area (TPSA) is 61.2 Å². The van der Waals surface area contributed by atoms with E-state index in [-0.39, 0.29) is 11.5 Å². The minimum atomic E-state index is -0.400. The molecular formula is C21H20Cl2N2O3S. The molecule has 0 N–H and O–H groups in total. The molecule has 2 aromatic heterocycles. The number of halogens is 2. The molecule has 4 rings (SSSR count). The number of aryl methyl sites for hydroxylation is 2. The van der Waals surface area contributed by atoms with Crippen molar-refractivity contribution in [3.8, 4) is 0 Å². The molecule has 1 aromatic carbocycles. The normalized spacial score (nSPS) is 16.1. The summed E-state index contributed by atoms with van der Waals surface area (Å²) in [5, 5.41) is 1.46. The fourth-order valence-electron chi connectivity index (χ4n) is 3.90. The predicted octanol–water partition coefficient (Wildman–Crippen LogP) is 5.10. The van der Waals surface area contributed by atoms with E-state index in [1.807, 2.05) is 13.0 Å². The number of esters is 1. The van der Waals surface area contributed by atoms with Gasteiger partial charge in [-0.25, -0.2) is 4.98 Å². The molecule has 3 aromatic rings. The van der Waals surface area contributed by atoms with Gasteiger partial charge in [0.05, 0.1) is 34.5 Å². The van der Waals surface area contributed by atoms with E-state index in [0.29, 0.717) is 45.7 Å². The zero-order valence-electron chi connectivity index (χ0n) is 16.1. The minimum Gasteiger partial charge on any atom is -0.466 e. The molecule has 0 radical (unpaired) electrons. The van der Waals surface area contributed by atoms with Crippen LogP contribution in [0.3, 0.4) is 0 Å². The predicted molar refractivity (Wildman–Crippen MR) is 116 cm³/mol. The summed E-state index contributed by atoms with van der Waals surface area (Å²) in [5.74, 6) is -0.0351. The highest BCUT2D eigenvalue weighted by molar-refractivity contribution is 7.18. The molecule has 29 heavy (non-hydrogen) atoms. The Labute approximate surface area is 182 Å². The van der Waals surface area contributed by atoms with Crippen molar-refractivity contribution in [3.05, 3.63) is 60.4 Å². The molecule has 1 aliphatic carbocycles. The smallest absolute Gasteiger partial charge is 0.313 e. The van der Waals surface area contributed by atoms with Crippen molar-refractivity contribution in [3.63, 3.8) is 0 Å². The van der Waals surface area contributed by atoms with Gasteiger partial charge in [-0.3, -0.25) is 14.2 Å². The van der Waals surface area contributed by atoms with Crippen LogP contribution in [-0.2, 0) is 22.5 Å². The van der Waals surface area contributed by atoms with Gasteiger partial charge in [-0.1, -0.05) is 29.3 Å². The first-order valence-electron chi connectivity index (χ1n) is 9.54. The lowest BCUT2D eigenvalue weighted by atomic mass is 9.86. The summed E-state index contributed by atoms with van der Waals surface area (Å²) in [7, 11) is 0. The Bertz CT molecular complexity index is 1170. The molecule has 2 heterocycles. The van der Waals surface area contributed by atoms with Crippen LogP contribution in [0.2, 0.25) is 10.0 Å². The number of carbonyl (C=O) groups excluding carboxylic acids is 1. The van der Waals surface area contributed by atoms with Crippen LogP contribution in [0.4, 0.5) is 0 Å². The van der Waals surface area contributed by atoms with Crippen molar-refractivity contribution >= 4 is 50.7 Å². The summed E-state index contributed by atoms with van der Waals surface area (Å²) in [5.41, 5.74) is 1.54. The number of benzene rings is 1.